The fourth-order valence-electron chi connectivity index (χ4n) is 2.10. The minimum absolute atomic E-state index is 0.0808. The van der Waals surface area contributed by atoms with Gasteiger partial charge in [0, 0.05) is 11.7 Å². The van der Waals surface area contributed by atoms with Gasteiger partial charge in [0.05, 0.1) is 29.1 Å². The van der Waals surface area contributed by atoms with Gasteiger partial charge in [0.1, 0.15) is 0 Å². The smallest absolute Gasteiger partial charge is 0.307 e. The van der Waals surface area contributed by atoms with Crippen LogP contribution in [0, 0.1) is 0 Å². The molecule has 126 valence electrons. The van der Waals surface area contributed by atoms with Crippen molar-refractivity contribution in [2.45, 2.75) is 12.5 Å². The molecule has 24 heavy (non-hydrogen) atoms. The van der Waals surface area contributed by atoms with Crippen LogP contribution in [0.2, 0.25) is 10.0 Å². The molecule has 0 saturated heterocycles. The number of carbonyl (C=O) groups excluding carboxylic acids is 2. The number of methoxy groups -OCH3 is 1. The minimum Gasteiger partial charge on any atom is -0.469 e. The Morgan fingerprint density at radius 3 is 2.25 bits per heavy atom. The number of hydrogen-bond donors (Lipinski definition) is 2. The molecule has 1 atom stereocenters. The third-order valence-electron chi connectivity index (χ3n) is 3.40. The molecule has 0 heterocycles. The average Bonchev–Trinajstić information content (AvgIpc) is 2.55. The monoisotopic (exact) mass is 366 g/mol. The first-order chi connectivity index (χ1) is 11.4. The summed E-state index contributed by atoms with van der Waals surface area (Å²) in [5, 5.41) is 3.27. The number of nitrogens with two attached hydrogens (primary N) is 1. The van der Waals surface area contributed by atoms with Crippen LogP contribution in [0.15, 0.2) is 42.5 Å². The van der Waals surface area contributed by atoms with Crippen LogP contribution in [-0.4, -0.2) is 19.0 Å². The summed E-state index contributed by atoms with van der Waals surface area (Å²) in [6, 6.07) is 11.2. The van der Waals surface area contributed by atoms with Gasteiger partial charge >= 0.3 is 5.97 Å². The number of nitrogens with one attached hydrogen (secondary N) is 1. The highest BCUT2D eigenvalue weighted by atomic mass is 35.5. The maximum atomic E-state index is 12.3. The number of benzene rings is 2. The Morgan fingerprint density at radius 2 is 1.71 bits per heavy atom. The number of ether oxygens (including phenoxy) is 1. The molecule has 2 aromatic rings. The van der Waals surface area contributed by atoms with E-state index < -0.39 is 11.9 Å². The molecular formula is C17H16Cl2N2O3. The van der Waals surface area contributed by atoms with Crippen molar-refractivity contribution in [1.82, 2.24) is 0 Å². The van der Waals surface area contributed by atoms with Crippen molar-refractivity contribution in [2.75, 3.05) is 12.4 Å². The number of esters is 1. The summed E-state index contributed by atoms with van der Waals surface area (Å²) in [6.45, 7) is 0. The lowest BCUT2D eigenvalue weighted by Gasteiger charge is -2.12. The molecule has 0 fully saturated rings. The molecule has 0 aliphatic rings. The van der Waals surface area contributed by atoms with Gasteiger partial charge in [-0.3, -0.25) is 9.59 Å². The Hall–Kier alpha value is -2.08. The lowest BCUT2D eigenvalue weighted by atomic mass is 10.0. The van der Waals surface area contributed by atoms with E-state index in [1.54, 1.807) is 42.5 Å². The lowest BCUT2D eigenvalue weighted by molar-refractivity contribution is -0.141. The van der Waals surface area contributed by atoms with Crippen LogP contribution in [0.5, 0.6) is 0 Å². The van der Waals surface area contributed by atoms with E-state index in [1.165, 1.54) is 7.11 Å². The maximum Gasteiger partial charge on any atom is 0.307 e. The Labute approximate surface area is 149 Å². The van der Waals surface area contributed by atoms with E-state index in [-0.39, 0.29) is 28.0 Å². The maximum absolute atomic E-state index is 12.3. The first kappa shape index (κ1) is 18.3. The van der Waals surface area contributed by atoms with Crippen molar-refractivity contribution in [3.05, 3.63) is 63.6 Å². The van der Waals surface area contributed by atoms with Crippen LogP contribution in [0.25, 0.3) is 0 Å². The zero-order chi connectivity index (χ0) is 17.7. The molecular weight excluding hydrogens is 351 g/mol. The van der Waals surface area contributed by atoms with Crippen LogP contribution >= 0.6 is 23.2 Å². The van der Waals surface area contributed by atoms with Crippen molar-refractivity contribution in [1.29, 1.82) is 0 Å². The third kappa shape index (κ3) is 4.47. The van der Waals surface area contributed by atoms with Gasteiger partial charge in [-0.25, -0.2) is 0 Å². The van der Waals surface area contributed by atoms with Gasteiger partial charge in [0.15, 0.2) is 0 Å². The van der Waals surface area contributed by atoms with E-state index in [2.05, 4.69) is 10.1 Å². The molecule has 1 amide bonds. The first-order valence-corrected chi connectivity index (χ1v) is 7.85. The SMILES string of the molecule is COC(=O)CC(N)c1ccc(NC(=O)c2c(Cl)cccc2Cl)cc1. The molecule has 0 aliphatic carbocycles. The van der Waals surface area contributed by atoms with E-state index >= 15 is 0 Å². The normalized spacial score (nSPS) is 11.7. The molecule has 5 nitrogen and oxygen atoms in total. The third-order valence-corrected chi connectivity index (χ3v) is 4.03. The van der Waals surface area contributed by atoms with Gasteiger partial charge in [-0.15, -0.1) is 0 Å². The summed E-state index contributed by atoms with van der Waals surface area (Å²) in [5.74, 6) is -0.787. The number of amides is 1. The molecule has 3 N–H and O–H groups in total. The Kier molecular flexibility index (Phi) is 6.20. The molecule has 1 unspecified atom stereocenters. The topological polar surface area (TPSA) is 81.4 Å². The summed E-state index contributed by atoms with van der Waals surface area (Å²) in [6.07, 6.45) is 0.0808. The average molecular weight is 367 g/mol. The second-order valence-electron chi connectivity index (χ2n) is 5.06. The molecule has 2 aromatic carbocycles. The molecule has 0 bridgehead atoms. The van der Waals surface area contributed by atoms with E-state index in [9.17, 15) is 9.59 Å². The Bertz CT molecular complexity index is 728. The lowest BCUT2D eigenvalue weighted by Crippen LogP contribution is -2.16. The largest absolute Gasteiger partial charge is 0.469 e. The number of anilines is 1. The zero-order valence-corrected chi connectivity index (χ0v) is 14.4. The number of rotatable bonds is 5. The Balaban J connectivity index is 2.09. The predicted molar refractivity (Wildman–Crippen MR) is 94.4 cm³/mol. The van der Waals surface area contributed by atoms with E-state index in [0.717, 1.165) is 5.56 Å². The van der Waals surface area contributed by atoms with E-state index in [4.69, 9.17) is 28.9 Å². The molecule has 0 aliphatic heterocycles. The van der Waals surface area contributed by atoms with Crippen molar-refractivity contribution >= 4 is 40.8 Å². The van der Waals surface area contributed by atoms with Crippen molar-refractivity contribution in [2.24, 2.45) is 5.73 Å². The van der Waals surface area contributed by atoms with Gasteiger partial charge in [0.25, 0.3) is 5.91 Å². The van der Waals surface area contributed by atoms with Crippen LogP contribution < -0.4 is 11.1 Å². The van der Waals surface area contributed by atoms with Gasteiger partial charge in [0.2, 0.25) is 0 Å². The summed E-state index contributed by atoms with van der Waals surface area (Å²) >= 11 is 12.0. The molecule has 0 saturated carbocycles. The number of hydrogen-bond acceptors (Lipinski definition) is 4. The van der Waals surface area contributed by atoms with Gasteiger partial charge in [-0.2, -0.15) is 0 Å². The Morgan fingerprint density at radius 1 is 1.12 bits per heavy atom. The minimum atomic E-state index is -0.472. The summed E-state index contributed by atoms with van der Waals surface area (Å²) in [5.41, 5.74) is 7.46. The second-order valence-corrected chi connectivity index (χ2v) is 5.87. The summed E-state index contributed by atoms with van der Waals surface area (Å²) in [4.78, 5) is 23.5. The van der Waals surface area contributed by atoms with E-state index in [1.807, 2.05) is 0 Å². The first-order valence-electron chi connectivity index (χ1n) is 7.10. The summed E-state index contributed by atoms with van der Waals surface area (Å²) in [7, 11) is 1.31. The standard InChI is InChI=1S/C17H16Cl2N2O3/c1-24-15(22)9-14(20)10-5-7-11(8-6-10)21-17(23)16-12(18)3-2-4-13(16)19/h2-8,14H,9,20H2,1H3,(H,21,23). The molecule has 0 radical (unpaired) electrons. The van der Waals surface area contributed by atoms with Crippen LogP contribution in [0.1, 0.15) is 28.4 Å². The molecule has 7 heteroatoms. The zero-order valence-electron chi connectivity index (χ0n) is 12.9. The molecule has 0 spiro atoms. The fraction of sp³-hybridized carbons (Fsp3) is 0.176. The highest BCUT2D eigenvalue weighted by Crippen LogP contribution is 2.25. The quantitative estimate of drug-likeness (QED) is 0.788. The fourth-order valence-corrected chi connectivity index (χ4v) is 2.67. The van der Waals surface area contributed by atoms with Gasteiger partial charge in [-0.1, -0.05) is 41.4 Å². The second kappa shape index (κ2) is 8.15. The van der Waals surface area contributed by atoms with Crippen molar-refractivity contribution in [3.63, 3.8) is 0 Å². The van der Waals surface area contributed by atoms with Gasteiger partial charge < -0.3 is 15.8 Å². The predicted octanol–water partition coefficient (Wildman–Crippen LogP) is 3.81. The van der Waals surface area contributed by atoms with Crippen molar-refractivity contribution in [3.8, 4) is 0 Å². The van der Waals surface area contributed by atoms with Crippen LogP contribution in [-0.2, 0) is 9.53 Å². The van der Waals surface area contributed by atoms with E-state index in [0.29, 0.717) is 5.69 Å². The van der Waals surface area contributed by atoms with Gasteiger partial charge in [-0.05, 0) is 29.8 Å². The highest BCUT2D eigenvalue weighted by Gasteiger charge is 2.15. The summed E-state index contributed by atoms with van der Waals surface area (Å²) < 4.78 is 4.59. The molecule has 0 aromatic heterocycles. The molecule has 2 rings (SSSR count). The van der Waals surface area contributed by atoms with Crippen LogP contribution in [0.3, 0.4) is 0 Å². The number of halogens is 2. The number of carbonyl (C=O) groups is 2. The van der Waals surface area contributed by atoms with Crippen LogP contribution in [0.4, 0.5) is 5.69 Å². The highest BCUT2D eigenvalue weighted by molar-refractivity contribution is 6.40. The van der Waals surface area contributed by atoms with Crippen molar-refractivity contribution < 1.29 is 14.3 Å².